The highest BCUT2D eigenvalue weighted by atomic mass is 79.9. The molecule has 0 saturated carbocycles. The quantitative estimate of drug-likeness (QED) is 0.724. The van der Waals surface area contributed by atoms with Crippen LogP contribution in [-0.2, 0) is 6.54 Å². The third-order valence-corrected chi connectivity index (χ3v) is 5.33. The van der Waals surface area contributed by atoms with E-state index in [2.05, 4.69) is 55.0 Å². The normalized spacial score (nSPS) is 15.6. The number of rotatable bonds is 3. The fourth-order valence-electron chi connectivity index (χ4n) is 3.41. The molecule has 1 N–H and O–H groups in total. The van der Waals surface area contributed by atoms with Gasteiger partial charge in [-0.25, -0.2) is 0 Å². The highest BCUT2D eigenvalue weighted by molar-refractivity contribution is 9.10. The first-order chi connectivity index (χ1) is 12.2. The first-order valence-electron chi connectivity index (χ1n) is 8.49. The van der Waals surface area contributed by atoms with E-state index in [1.807, 2.05) is 18.2 Å². The molecule has 5 heteroatoms. The Labute approximate surface area is 155 Å². The van der Waals surface area contributed by atoms with Crippen LogP contribution < -0.4 is 4.90 Å². The van der Waals surface area contributed by atoms with E-state index in [1.165, 1.54) is 11.3 Å². The van der Waals surface area contributed by atoms with Gasteiger partial charge in [0.1, 0.15) is 11.3 Å². The number of anilines is 1. The largest absolute Gasteiger partial charge is 0.506 e. The van der Waals surface area contributed by atoms with E-state index in [0.717, 1.165) is 42.6 Å². The molecule has 2 aromatic carbocycles. The van der Waals surface area contributed by atoms with Crippen molar-refractivity contribution in [3.63, 3.8) is 0 Å². The number of hydrogen-bond donors (Lipinski definition) is 1. The fourth-order valence-corrected chi connectivity index (χ4v) is 3.68. The second-order valence-electron chi connectivity index (χ2n) is 6.38. The van der Waals surface area contributed by atoms with Crippen LogP contribution in [0.15, 0.2) is 59.2 Å². The van der Waals surface area contributed by atoms with Crippen LogP contribution in [0, 0.1) is 0 Å². The van der Waals surface area contributed by atoms with Gasteiger partial charge in [0, 0.05) is 54.5 Å². The van der Waals surface area contributed by atoms with Crippen molar-refractivity contribution in [3.05, 3.63) is 64.8 Å². The zero-order valence-corrected chi connectivity index (χ0v) is 15.5. The summed E-state index contributed by atoms with van der Waals surface area (Å²) >= 11 is 3.49. The molecule has 1 saturated heterocycles. The van der Waals surface area contributed by atoms with Gasteiger partial charge in [-0.15, -0.1) is 0 Å². The van der Waals surface area contributed by atoms with E-state index in [4.69, 9.17) is 0 Å². The Morgan fingerprint density at radius 2 is 1.72 bits per heavy atom. The Morgan fingerprint density at radius 3 is 2.48 bits per heavy atom. The van der Waals surface area contributed by atoms with Gasteiger partial charge in [0.15, 0.2) is 0 Å². The van der Waals surface area contributed by atoms with E-state index >= 15 is 0 Å². The van der Waals surface area contributed by atoms with Crippen molar-refractivity contribution >= 4 is 32.5 Å². The maximum absolute atomic E-state index is 10.00. The molecule has 0 spiro atoms. The van der Waals surface area contributed by atoms with Crippen LogP contribution in [0.4, 0.5) is 5.69 Å². The van der Waals surface area contributed by atoms with E-state index in [1.54, 1.807) is 12.3 Å². The zero-order valence-electron chi connectivity index (χ0n) is 13.9. The number of aromatic nitrogens is 1. The molecular weight excluding hydrogens is 378 g/mol. The van der Waals surface area contributed by atoms with Gasteiger partial charge in [0.25, 0.3) is 0 Å². The molecule has 4 rings (SSSR count). The number of aromatic hydroxyl groups is 1. The number of benzene rings is 2. The van der Waals surface area contributed by atoms with Gasteiger partial charge in [0.2, 0.25) is 0 Å². The van der Waals surface area contributed by atoms with Crippen molar-refractivity contribution in [2.45, 2.75) is 6.54 Å². The lowest BCUT2D eigenvalue weighted by Gasteiger charge is -2.36. The molecule has 0 radical (unpaired) electrons. The maximum atomic E-state index is 10.00. The van der Waals surface area contributed by atoms with Gasteiger partial charge in [-0.1, -0.05) is 28.1 Å². The van der Waals surface area contributed by atoms with Gasteiger partial charge >= 0.3 is 0 Å². The van der Waals surface area contributed by atoms with Gasteiger partial charge in [0.05, 0.1) is 0 Å². The average Bonchev–Trinajstić information content (AvgIpc) is 2.66. The van der Waals surface area contributed by atoms with Crippen molar-refractivity contribution in [2.75, 3.05) is 31.1 Å². The second kappa shape index (κ2) is 7.02. The Morgan fingerprint density at radius 1 is 0.960 bits per heavy atom. The summed E-state index contributed by atoms with van der Waals surface area (Å²) in [6, 6.07) is 16.3. The van der Waals surface area contributed by atoms with Crippen molar-refractivity contribution in [1.29, 1.82) is 0 Å². The number of piperazine rings is 1. The molecule has 0 amide bonds. The summed E-state index contributed by atoms with van der Waals surface area (Å²) < 4.78 is 1.11. The lowest BCUT2D eigenvalue weighted by atomic mass is 10.1. The molecule has 0 bridgehead atoms. The molecule has 2 heterocycles. The van der Waals surface area contributed by atoms with E-state index in [9.17, 15) is 5.11 Å². The Bertz CT molecular complexity index is 874. The van der Waals surface area contributed by atoms with Gasteiger partial charge < -0.3 is 10.0 Å². The molecule has 4 nitrogen and oxygen atoms in total. The second-order valence-corrected chi connectivity index (χ2v) is 7.30. The topological polar surface area (TPSA) is 39.6 Å². The summed E-state index contributed by atoms with van der Waals surface area (Å²) in [6.45, 7) is 4.99. The SMILES string of the molecule is Oc1ccc(CN2CCN(c3ccc(Br)cc3)CC2)c2cccnc12. The molecule has 0 unspecified atom stereocenters. The van der Waals surface area contributed by atoms with Crippen LogP contribution in [0.1, 0.15) is 5.56 Å². The number of hydrogen-bond acceptors (Lipinski definition) is 4. The minimum absolute atomic E-state index is 0.249. The number of phenolic OH excluding ortho intramolecular Hbond substituents is 1. The molecule has 128 valence electrons. The molecule has 25 heavy (non-hydrogen) atoms. The molecule has 1 aliphatic heterocycles. The summed E-state index contributed by atoms with van der Waals surface area (Å²) in [7, 11) is 0. The lowest BCUT2D eigenvalue weighted by molar-refractivity contribution is 0.250. The van der Waals surface area contributed by atoms with Crippen LogP contribution in [0.3, 0.4) is 0 Å². The molecule has 3 aromatic rings. The van der Waals surface area contributed by atoms with Crippen LogP contribution in [0.5, 0.6) is 5.75 Å². The Balaban J connectivity index is 1.45. The maximum Gasteiger partial charge on any atom is 0.141 e. The van der Waals surface area contributed by atoms with Crippen LogP contribution in [0.2, 0.25) is 0 Å². The predicted octanol–water partition coefficient (Wildman–Crippen LogP) is 4.03. The van der Waals surface area contributed by atoms with Crippen molar-refractivity contribution in [1.82, 2.24) is 9.88 Å². The Hall–Kier alpha value is -2.11. The minimum Gasteiger partial charge on any atom is -0.506 e. The van der Waals surface area contributed by atoms with E-state index < -0.39 is 0 Å². The molecule has 1 aromatic heterocycles. The van der Waals surface area contributed by atoms with E-state index in [-0.39, 0.29) is 5.75 Å². The van der Waals surface area contributed by atoms with Gasteiger partial charge in [-0.3, -0.25) is 9.88 Å². The zero-order chi connectivity index (χ0) is 17.2. The third kappa shape index (κ3) is 3.48. The predicted molar refractivity (Wildman–Crippen MR) is 105 cm³/mol. The number of phenols is 1. The van der Waals surface area contributed by atoms with Gasteiger partial charge in [-0.05, 0) is 42.0 Å². The van der Waals surface area contributed by atoms with Crippen molar-refractivity contribution in [3.8, 4) is 5.75 Å². The molecule has 1 fully saturated rings. The highest BCUT2D eigenvalue weighted by Crippen LogP contribution is 2.27. The number of fused-ring (bicyclic) bond motifs is 1. The first kappa shape index (κ1) is 16.4. The molecule has 1 aliphatic rings. The number of pyridine rings is 1. The molecule has 0 aliphatic carbocycles. The lowest BCUT2D eigenvalue weighted by Crippen LogP contribution is -2.45. The standard InChI is InChI=1S/C20H20BrN3O/c21-16-4-6-17(7-5-16)24-12-10-23(11-13-24)14-15-3-8-19(25)20-18(15)2-1-9-22-20/h1-9,25H,10-14H2. The highest BCUT2D eigenvalue weighted by Gasteiger charge is 2.18. The minimum atomic E-state index is 0.249. The summed E-state index contributed by atoms with van der Waals surface area (Å²) in [4.78, 5) is 9.21. The Kier molecular flexibility index (Phi) is 4.59. The summed E-state index contributed by atoms with van der Waals surface area (Å²) in [5.74, 6) is 0.249. The smallest absolute Gasteiger partial charge is 0.141 e. The fraction of sp³-hybridized carbons (Fsp3) is 0.250. The molecule has 0 atom stereocenters. The van der Waals surface area contributed by atoms with Crippen molar-refractivity contribution in [2.24, 2.45) is 0 Å². The van der Waals surface area contributed by atoms with Gasteiger partial charge in [-0.2, -0.15) is 0 Å². The van der Waals surface area contributed by atoms with Crippen molar-refractivity contribution < 1.29 is 5.11 Å². The van der Waals surface area contributed by atoms with E-state index in [0.29, 0.717) is 5.52 Å². The monoisotopic (exact) mass is 397 g/mol. The summed E-state index contributed by atoms with van der Waals surface area (Å²) in [5.41, 5.74) is 3.19. The number of halogens is 1. The molecular formula is C20H20BrN3O. The third-order valence-electron chi connectivity index (χ3n) is 4.80. The van der Waals surface area contributed by atoms with Crippen LogP contribution >= 0.6 is 15.9 Å². The number of nitrogens with zero attached hydrogens (tertiary/aromatic N) is 3. The van der Waals surface area contributed by atoms with Crippen LogP contribution in [-0.4, -0.2) is 41.2 Å². The van der Waals surface area contributed by atoms with Crippen LogP contribution in [0.25, 0.3) is 10.9 Å². The summed E-state index contributed by atoms with van der Waals surface area (Å²) in [5, 5.41) is 11.0. The first-order valence-corrected chi connectivity index (χ1v) is 9.28. The summed E-state index contributed by atoms with van der Waals surface area (Å²) in [6.07, 6.45) is 1.73. The average molecular weight is 398 g/mol.